The zero-order chi connectivity index (χ0) is 22.4. The first kappa shape index (κ1) is 23.1. The molecule has 2 aromatic rings. The molecule has 0 heterocycles. The van der Waals surface area contributed by atoms with Crippen LogP contribution in [0, 0.1) is 20.8 Å². The molecule has 0 aromatic heterocycles. The molecule has 3 rings (SSSR count). The van der Waals surface area contributed by atoms with Crippen LogP contribution < -0.4 is 5.32 Å². The summed E-state index contributed by atoms with van der Waals surface area (Å²) in [6.07, 6.45) is 5.94. The molecule has 2 aromatic carbocycles. The van der Waals surface area contributed by atoms with Gasteiger partial charge in [-0.05, 0) is 62.8 Å². The fourth-order valence-electron chi connectivity index (χ4n) is 4.35. The summed E-state index contributed by atoms with van der Waals surface area (Å²) in [5.41, 5.74) is 5.58. The molecule has 1 unspecified atom stereocenters. The Labute approximate surface area is 187 Å². The number of hydrogen-bond donors (Lipinski definition) is 1. The van der Waals surface area contributed by atoms with Crippen molar-refractivity contribution in [1.82, 2.24) is 10.2 Å². The average Bonchev–Trinajstić information content (AvgIpc) is 2.75. The van der Waals surface area contributed by atoms with E-state index in [4.69, 9.17) is 0 Å². The molecule has 1 saturated carbocycles. The molecule has 166 valence electrons. The number of hydrogen-bond acceptors (Lipinski definition) is 2. The van der Waals surface area contributed by atoms with Gasteiger partial charge in [-0.2, -0.15) is 0 Å². The SMILES string of the molecule is Cc1cccc(CN(C(=O)Cc2ccc(C)c(C)c2)C(C)C(=O)NC2CCCCC2)c1. The number of carbonyl (C=O) groups excluding carboxylic acids is 2. The number of amides is 2. The van der Waals surface area contributed by atoms with E-state index in [2.05, 4.69) is 37.4 Å². The highest BCUT2D eigenvalue weighted by Gasteiger charge is 2.28. The van der Waals surface area contributed by atoms with Gasteiger partial charge >= 0.3 is 0 Å². The minimum atomic E-state index is -0.513. The molecule has 0 saturated heterocycles. The maximum absolute atomic E-state index is 13.4. The van der Waals surface area contributed by atoms with Gasteiger partial charge in [0.1, 0.15) is 6.04 Å². The first-order chi connectivity index (χ1) is 14.8. The molecule has 2 amide bonds. The summed E-state index contributed by atoms with van der Waals surface area (Å²) in [5.74, 6) is -0.0657. The lowest BCUT2D eigenvalue weighted by atomic mass is 9.95. The highest BCUT2D eigenvalue weighted by Crippen LogP contribution is 2.19. The number of benzene rings is 2. The van der Waals surface area contributed by atoms with Crippen LogP contribution in [0.3, 0.4) is 0 Å². The Hall–Kier alpha value is -2.62. The summed E-state index contributed by atoms with van der Waals surface area (Å²) in [6.45, 7) is 8.47. The summed E-state index contributed by atoms with van der Waals surface area (Å²) in [4.78, 5) is 28.2. The summed E-state index contributed by atoms with van der Waals surface area (Å²) >= 11 is 0. The van der Waals surface area contributed by atoms with Crippen LogP contribution in [0.4, 0.5) is 0 Å². The van der Waals surface area contributed by atoms with Crippen LogP contribution in [0.2, 0.25) is 0 Å². The molecule has 4 heteroatoms. The molecule has 1 aliphatic carbocycles. The van der Waals surface area contributed by atoms with E-state index in [1.807, 2.05) is 38.1 Å². The molecule has 0 aliphatic heterocycles. The van der Waals surface area contributed by atoms with Gasteiger partial charge in [0, 0.05) is 12.6 Å². The molecular formula is C27H36N2O2. The molecule has 0 spiro atoms. The number of aryl methyl sites for hydroxylation is 3. The Morgan fingerprint density at radius 2 is 1.71 bits per heavy atom. The van der Waals surface area contributed by atoms with Crippen molar-refractivity contribution in [2.24, 2.45) is 0 Å². The van der Waals surface area contributed by atoms with Crippen molar-refractivity contribution in [1.29, 1.82) is 0 Å². The van der Waals surface area contributed by atoms with Crippen LogP contribution in [-0.4, -0.2) is 28.8 Å². The maximum atomic E-state index is 13.4. The molecule has 1 fully saturated rings. The third kappa shape index (κ3) is 6.43. The van der Waals surface area contributed by atoms with Crippen LogP contribution in [-0.2, 0) is 22.6 Å². The van der Waals surface area contributed by atoms with E-state index in [1.54, 1.807) is 4.90 Å². The topological polar surface area (TPSA) is 49.4 Å². The van der Waals surface area contributed by atoms with Gasteiger partial charge in [-0.15, -0.1) is 0 Å². The van der Waals surface area contributed by atoms with Crippen LogP contribution in [0.1, 0.15) is 66.8 Å². The molecule has 4 nitrogen and oxygen atoms in total. The van der Waals surface area contributed by atoms with E-state index in [-0.39, 0.29) is 17.9 Å². The second kappa shape index (κ2) is 10.6. The first-order valence-corrected chi connectivity index (χ1v) is 11.5. The molecule has 0 bridgehead atoms. The van der Waals surface area contributed by atoms with Gasteiger partial charge < -0.3 is 10.2 Å². The Balaban J connectivity index is 1.77. The highest BCUT2D eigenvalue weighted by atomic mass is 16.2. The first-order valence-electron chi connectivity index (χ1n) is 11.5. The zero-order valence-electron chi connectivity index (χ0n) is 19.4. The van der Waals surface area contributed by atoms with E-state index in [0.29, 0.717) is 13.0 Å². The zero-order valence-corrected chi connectivity index (χ0v) is 19.4. The molecule has 1 N–H and O–H groups in total. The van der Waals surface area contributed by atoms with E-state index < -0.39 is 6.04 Å². The maximum Gasteiger partial charge on any atom is 0.242 e. The molecule has 0 radical (unpaired) electrons. The second-order valence-corrected chi connectivity index (χ2v) is 9.13. The van der Waals surface area contributed by atoms with Gasteiger partial charge in [-0.1, -0.05) is 67.3 Å². The molecule has 1 atom stereocenters. The Kier molecular flexibility index (Phi) is 7.89. The largest absolute Gasteiger partial charge is 0.352 e. The van der Waals surface area contributed by atoms with Gasteiger partial charge in [0.05, 0.1) is 6.42 Å². The lowest BCUT2D eigenvalue weighted by Crippen LogP contribution is -2.50. The predicted octanol–water partition coefficient (Wildman–Crippen LogP) is 5.02. The van der Waals surface area contributed by atoms with Crippen molar-refractivity contribution in [3.05, 3.63) is 70.3 Å². The summed E-state index contributed by atoms with van der Waals surface area (Å²) in [7, 11) is 0. The van der Waals surface area contributed by atoms with Gasteiger partial charge in [0.25, 0.3) is 0 Å². The quantitative estimate of drug-likeness (QED) is 0.684. The van der Waals surface area contributed by atoms with Crippen LogP contribution in [0.25, 0.3) is 0 Å². The Morgan fingerprint density at radius 3 is 2.39 bits per heavy atom. The van der Waals surface area contributed by atoms with Crippen LogP contribution >= 0.6 is 0 Å². The van der Waals surface area contributed by atoms with Crippen molar-refractivity contribution < 1.29 is 9.59 Å². The average molecular weight is 421 g/mol. The molecule has 1 aliphatic rings. The number of nitrogens with zero attached hydrogens (tertiary/aromatic N) is 1. The number of carbonyl (C=O) groups is 2. The van der Waals surface area contributed by atoms with E-state index in [0.717, 1.165) is 42.4 Å². The van der Waals surface area contributed by atoms with Gasteiger partial charge in [-0.3, -0.25) is 9.59 Å². The smallest absolute Gasteiger partial charge is 0.242 e. The van der Waals surface area contributed by atoms with Gasteiger partial charge in [-0.25, -0.2) is 0 Å². The Bertz CT molecular complexity index is 915. The van der Waals surface area contributed by atoms with Crippen molar-refractivity contribution in [2.45, 2.75) is 84.8 Å². The Morgan fingerprint density at radius 1 is 0.968 bits per heavy atom. The fourth-order valence-corrected chi connectivity index (χ4v) is 4.35. The third-order valence-corrected chi connectivity index (χ3v) is 6.48. The summed E-state index contributed by atoms with van der Waals surface area (Å²) < 4.78 is 0. The molecular weight excluding hydrogens is 384 g/mol. The number of rotatable bonds is 7. The summed E-state index contributed by atoms with van der Waals surface area (Å²) in [5, 5.41) is 3.20. The van der Waals surface area contributed by atoms with Crippen LogP contribution in [0.15, 0.2) is 42.5 Å². The third-order valence-electron chi connectivity index (χ3n) is 6.48. The van der Waals surface area contributed by atoms with E-state index >= 15 is 0 Å². The van der Waals surface area contributed by atoms with Gasteiger partial charge in [0.2, 0.25) is 11.8 Å². The lowest BCUT2D eigenvalue weighted by molar-refractivity contribution is -0.140. The van der Waals surface area contributed by atoms with Crippen molar-refractivity contribution >= 4 is 11.8 Å². The van der Waals surface area contributed by atoms with Crippen LogP contribution in [0.5, 0.6) is 0 Å². The van der Waals surface area contributed by atoms with Crippen molar-refractivity contribution in [3.8, 4) is 0 Å². The molecule has 31 heavy (non-hydrogen) atoms. The minimum absolute atomic E-state index is 0.0175. The minimum Gasteiger partial charge on any atom is -0.352 e. The van der Waals surface area contributed by atoms with Crippen molar-refractivity contribution in [3.63, 3.8) is 0 Å². The normalized spacial score (nSPS) is 15.4. The second-order valence-electron chi connectivity index (χ2n) is 9.13. The predicted molar refractivity (Wildman–Crippen MR) is 126 cm³/mol. The van der Waals surface area contributed by atoms with E-state index in [9.17, 15) is 9.59 Å². The van der Waals surface area contributed by atoms with Crippen molar-refractivity contribution in [2.75, 3.05) is 0 Å². The number of nitrogens with one attached hydrogen (secondary N) is 1. The van der Waals surface area contributed by atoms with E-state index in [1.165, 1.54) is 17.5 Å². The fraction of sp³-hybridized carbons (Fsp3) is 0.481. The standard InChI is InChI=1S/C27H36N2O2/c1-19-9-8-10-24(15-19)18-29(22(4)27(31)28-25-11-6-5-7-12-25)26(30)17-23-14-13-20(2)21(3)16-23/h8-10,13-16,22,25H,5-7,11-12,17-18H2,1-4H3,(H,28,31). The monoisotopic (exact) mass is 420 g/mol. The lowest BCUT2D eigenvalue weighted by Gasteiger charge is -2.31. The van der Waals surface area contributed by atoms with Gasteiger partial charge in [0.15, 0.2) is 0 Å². The highest BCUT2D eigenvalue weighted by molar-refractivity contribution is 5.88. The summed E-state index contributed by atoms with van der Waals surface area (Å²) in [6, 6.07) is 14.0.